The van der Waals surface area contributed by atoms with E-state index in [9.17, 15) is 13.2 Å². The van der Waals surface area contributed by atoms with Gasteiger partial charge in [-0.3, -0.25) is 14.7 Å². The van der Waals surface area contributed by atoms with Gasteiger partial charge >= 0.3 is 0 Å². The van der Waals surface area contributed by atoms with Crippen LogP contribution in [-0.4, -0.2) is 61.2 Å². The SMILES string of the molecule is Cc1cnc2c(S(=O)(=O)N3CCN(CC(=O)Nc4cc(Cl)ccc4Cl)CC3)cccc2c1. The topological polar surface area (TPSA) is 82.6 Å². The van der Waals surface area contributed by atoms with Crippen molar-refractivity contribution >= 4 is 55.7 Å². The number of piperazine rings is 1. The largest absolute Gasteiger partial charge is 0.324 e. The zero-order chi connectivity index (χ0) is 22.9. The molecule has 0 atom stereocenters. The van der Waals surface area contributed by atoms with Crippen LogP contribution in [0.3, 0.4) is 0 Å². The highest BCUT2D eigenvalue weighted by Crippen LogP contribution is 2.27. The van der Waals surface area contributed by atoms with Gasteiger partial charge in [-0.25, -0.2) is 8.42 Å². The molecule has 0 spiro atoms. The molecule has 32 heavy (non-hydrogen) atoms. The molecule has 1 aromatic heterocycles. The van der Waals surface area contributed by atoms with Gasteiger partial charge in [0.15, 0.2) is 0 Å². The Bertz CT molecular complexity index is 1280. The van der Waals surface area contributed by atoms with Gasteiger partial charge in [-0.15, -0.1) is 0 Å². The molecule has 4 rings (SSSR count). The number of nitrogens with zero attached hydrogens (tertiary/aromatic N) is 3. The van der Waals surface area contributed by atoms with Crippen molar-refractivity contribution in [3.8, 4) is 0 Å². The zero-order valence-corrected chi connectivity index (χ0v) is 19.7. The van der Waals surface area contributed by atoms with Crippen LogP contribution in [0.25, 0.3) is 10.9 Å². The number of pyridine rings is 1. The fourth-order valence-electron chi connectivity index (χ4n) is 3.70. The van der Waals surface area contributed by atoms with Crippen LogP contribution >= 0.6 is 23.2 Å². The molecule has 1 aliphatic rings. The summed E-state index contributed by atoms with van der Waals surface area (Å²) in [5, 5.41) is 4.42. The van der Waals surface area contributed by atoms with E-state index in [4.69, 9.17) is 23.2 Å². The minimum absolute atomic E-state index is 0.131. The standard InChI is InChI=1S/C22H22Cl2N4O3S/c1-15-11-16-3-2-4-20(22(16)25-13-15)32(30,31)28-9-7-27(8-10-28)14-21(29)26-19-12-17(23)5-6-18(19)24/h2-6,11-13H,7-10,14H2,1H3,(H,26,29). The van der Waals surface area contributed by atoms with Gasteiger partial charge in [0.2, 0.25) is 15.9 Å². The van der Waals surface area contributed by atoms with Crippen LogP contribution in [0, 0.1) is 6.92 Å². The summed E-state index contributed by atoms with van der Waals surface area (Å²) in [6.45, 7) is 3.50. The van der Waals surface area contributed by atoms with Crippen LogP contribution < -0.4 is 5.32 Å². The van der Waals surface area contributed by atoms with Crippen LogP contribution in [0.2, 0.25) is 10.0 Å². The van der Waals surface area contributed by atoms with Gasteiger partial charge in [-0.05, 0) is 42.8 Å². The number of rotatable bonds is 5. The van der Waals surface area contributed by atoms with Crippen molar-refractivity contribution in [2.45, 2.75) is 11.8 Å². The second-order valence-corrected chi connectivity index (χ2v) is 10.4. The van der Waals surface area contributed by atoms with E-state index in [2.05, 4.69) is 10.3 Å². The van der Waals surface area contributed by atoms with Gasteiger partial charge < -0.3 is 5.32 Å². The van der Waals surface area contributed by atoms with Crippen LogP contribution in [0.15, 0.2) is 53.6 Å². The monoisotopic (exact) mass is 492 g/mol. The number of hydrogen-bond acceptors (Lipinski definition) is 5. The molecule has 1 aliphatic heterocycles. The number of halogens is 2. The third-order valence-corrected chi connectivity index (χ3v) is 7.82. The summed E-state index contributed by atoms with van der Waals surface area (Å²) in [7, 11) is -3.70. The molecular formula is C22H22Cl2N4O3S. The molecule has 2 aromatic carbocycles. The van der Waals surface area contributed by atoms with E-state index in [0.29, 0.717) is 34.3 Å². The first-order chi connectivity index (χ1) is 15.2. The summed E-state index contributed by atoms with van der Waals surface area (Å²) in [4.78, 5) is 18.9. The van der Waals surface area contributed by atoms with E-state index in [1.165, 1.54) is 4.31 Å². The molecule has 0 unspecified atom stereocenters. The van der Waals surface area contributed by atoms with Crippen molar-refractivity contribution in [1.29, 1.82) is 0 Å². The number of fused-ring (bicyclic) bond motifs is 1. The van der Waals surface area contributed by atoms with E-state index >= 15 is 0 Å². The summed E-state index contributed by atoms with van der Waals surface area (Å²) in [6.07, 6.45) is 1.67. The molecule has 7 nitrogen and oxygen atoms in total. The maximum atomic E-state index is 13.3. The summed E-state index contributed by atoms with van der Waals surface area (Å²) < 4.78 is 28.0. The molecule has 0 aliphatic carbocycles. The highest BCUT2D eigenvalue weighted by molar-refractivity contribution is 7.89. The molecule has 1 N–H and O–H groups in total. The predicted octanol–water partition coefficient (Wildman–Crippen LogP) is 3.80. The minimum atomic E-state index is -3.70. The minimum Gasteiger partial charge on any atom is -0.324 e. The average molecular weight is 493 g/mol. The molecule has 1 fully saturated rings. The van der Waals surface area contributed by atoms with E-state index < -0.39 is 10.0 Å². The van der Waals surface area contributed by atoms with Gasteiger partial charge in [0.1, 0.15) is 4.90 Å². The fraction of sp³-hybridized carbons (Fsp3) is 0.273. The Hall–Kier alpha value is -2.23. The van der Waals surface area contributed by atoms with Crippen LogP contribution in [-0.2, 0) is 14.8 Å². The number of nitrogens with one attached hydrogen (secondary N) is 1. The summed E-state index contributed by atoms with van der Waals surface area (Å²) in [5.74, 6) is -0.237. The van der Waals surface area contributed by atoms with Gasteiger partial charge in [-0.1, -0.05) is 35.3 Å². The first kappa shape index (κ1) is 22.9. The molecule has 1 saturated heterocycles. The number of carbonyl (C=O) groups is 1. The quantitative estimate of drug-likeness (QED) is 0.585. The van der Waals surface area contributed by atoms with Crippen molar-refractivity contribution in [3.63, 3.8) is 0 Å². The Morgan fingerprint density at radius 3 is 2.59 bits per heavy atom. The number of amides is 1. The normalized spacial score (nSPS) is 15.7. The number of carbonyl (C=O) groups excluding carboxylic acids is 1. The van der Waals surface area contributed by atoms with Crippen molar-refractivity contribution < 1.29 is 13.2 Å². The van der Waals surface area contributed by atoms with Gasteiger partial charge in [-0.2, -0.15) is 4.31 Å². The predicted molar refractivity (Wildman–Crippen MR) is 127 cm³/mol. The second kappa shape index (κ2) is 9.33. The van der Waals surface area contributed by atoms with Gasteiger partial charge in [0, 0.05) is 42.8 Å². The Balaban J connectivity index is 1.41. The van der Waals surface area contributed by atoms with E-state index in [1.54, 1.807) is 36.5 Å². The van der Waals surface area contributed by atoms with Crippen LogP contribution in [0.5, 0.6) is 0 Å². The van der Waals surface area contributed by atoms with Crippen molar-refractivity contribution in [2.75, 3.05) is 38.0 Å². The third-order valence-electron chi connectivity index (χ3n) is 5.33. The number of benzene rings is 2. The average Bonchev–Trinajstić information content (AvgIpc) is 2.76. The van der Waals surface area contributed by atoms with Gasteiger partial charge in [0.05, 0.1) is 22.8 Å². The highest BCUT2D eigenvalue weighted by atomic mass is 35.5. The number of aromatic nitrogens is 1. The number of hydrogen-bond donors (Lipinski definition) is 1. The maximum Gasteiger partial charge on any atom is 0.245 e. The molecule has 3 aromatic rings. The third kappa shape index (κ3) is 4.89. The lowest BCUT2D eigenvalue weighted by atomic mass is 10.2. The molecule has 0 radical (unpaired) electrons. The number of para-hydroxylation sites is 1. The maximum absolute atomic E-state index is 13.3. The lowest BCUT2D eigenvalue weighted by Gasteiger charge is -2.33. The Morgan fingerprint density at radius 2 is 1.84 bits per heavy atom. The summed E-state index contributed by atoms with van der Waals surface area (Å²) >= 11 is 12.1. The highest BCUT2D eigenvalue weighted by Gasteiger charge is 2.30. The molecule has 0 bridgehead atoms. The van der Waals surface area contributed by atoms with Crippen LogP contribution in [0.4, 0.5) is 5.69 Å². The first-order valence-corrected chi connectivity index (χ1v) is 12.3. The number of sulfonamides is 1. The van der Waals surface area contributed by atoms with Gasteiger partial charge in [0.25, 0.3) is 0 Å². The lowest BCUT2D eigenvalue weighted by molar-refractivity contribution is -0.117. The zero-order valence-electron chi connectivity index (χ0n) is 17.4. The van der Waals surface area contributed by atoms with E-state index in [-0.39, 0.29) is 30.4 Å². The molecule has 0 saturated carbocycles. The molecule has 10 heteroatoms. The summed E-state index contributed by atoms with van der Waals surface area (Å²) in [6, 6.07) is 12.0. The molecule has 2 heterocycles. The Morgan fingerprint density at radius 1 is 1.09 bits per heavy atom. The Labute approximate surface area is 197 Å². The van der Waals surface area contributed by atoms with Crippen LogP contribution in [0.1, 0.15) is 5.56 Å². The van der Waals surface area contributed by atoms with Crippen molar-refractivity contribution in [2.24, 2.45) is 0 Å². The second-order valence-electron chi connectivity index (χ2n) is 7.69. The number of anilines is 1. The van der Waals surface area contributed by atoms with Crippen molar-refractivity contribution in [3.05, 3.63) is 64.3 Å². The van der Waals surface area contributed by atoms with E-state index in [1.807, 2.05) is 24.0 Å². The molecule has 1 amide bonds. The summed E-state index contributed by atoms with van der Waals surface area (Å²) in [5.41, 5.74) is 1.89. The Kier molecular flexibility index (Phi) is 6.69. The lowest BCUT2D eigenvalue weighted by Crippen LogP contribution is -2.50. The molecular weight excluding hydrogens is 471 g/mol. The van der Waals surface area contributed by atoms with E-state index in [0.717, 1.165) is 10.9 Å². The van der Waals surface area contributed by atoms with Crippen molar-refractivity contribution in [1.82, 2.24) is 14.2 Å². The fourth-order valence-corrected chi connectivity index (χ4v) is 5.63. The number of aryl methyl sites for hydroxylation is 1. The molecule has 168 valence electrons. The smallest absolute Gasteiger partial charge is 0.245 e. The first-order valence-electron chi connectivity index (χ1n) is 10.1.